The van der Waals surface area contributed by atoms with Crippen LogP contribution in [0.15, 0.2) is 41.3 Å². The quantitative estimate of drug-likeness (QED) is 0.854. The molecule has 2 aromatic rings. The summed E-state index contributed by atoms with van der Waals surface area (Å²) in [6, 6.07) is 11.7. The molecule has 0 aromatic heterocycles. The van der Waals surface area contributed by atoms with Crippen molar-refractivity contribution in [2.75, 3.05) is 6.54 Å². The van der Waals surface area contributed by atoms with E-state index in [-0.39, 0.29) is 6.04 Å². The molecule has 0 radical (unpaired) electrons. The highest BCUT2D eigenvalue weighted by Crippen LogP contribution is 2.28. The summed E-state index contributed by atoms with van der Waals surface area (Å²) in [5.74, 6) is 0. The summed E-state index contributed by atoms with van der Waals surface area (Å²) in [5, 5.41) is 2.07. The van der Waals surface area contributed by atoms with Crippen molar-refractivity contribution in [2.45, 2.75) is 50.5 Å². The lowest BCUT2D eigenvalue weighted by molar-refractivity contribution is 0.246. The van der Waals surface area contributed by atoms with Crippen molar-refractivity contribution in [1.29, 1.82) is 0 Å². The summed E-state index contributed by atoms with van der Waals surface area (Å²) >= 11 is 0. The molecule has 1 aliphatic rings. The molecular formula is C18H23NO2S. The van der Waals surface area contributed by atoms with Crippen LogP contribution in [0.2, 0.25) is 0 Å². The van der Waals surface area contributed by atoms with Crippen molar-refractivity contribution in [3.8, 4) is 0 Å². The van der Waals surface area contributed by atoms with Gasteiger partial charge in [0.2, 0.25) is 10.0 Å². The van der Waals surface area contributed by atoms with E-state index in [1.807, 2.05) is 37.3 Å². The number of aryl methyl sites for hydroxylation is 1. The minimum absolute atomic E-state index is 0.145. The Bertz CT molecular complexity index is 783. The van der Waals surface area contributed by atoms with Gasteiger partial charge in [0.05, 0.1) is 4.90 Å². The molecule has 1 saturated heterocycles. The smallest absolute Gasteiger partial charge is 0.207 e. The summed E-state index contributed by atoms with van der Waals surface area (Å²) in [4.78, 5) is 0.422. The number of hydrogen-bond donors (Lipinski definition) is 0. The van der Waals surface area contributed by atoms with Gasteiger partial charge in [0.1, 0.15) is 0 Å². The summed E-state index contributed by atoms with van der Waals surface area (Å²) in [6.45, 7) is 4.74. The second-order valence-electron chi connectivity index (χ2n) is 6.19. The number of rotatable bonds is 3. The molecule has 2 aromatic carbocycles. The Hall–Kier alpha value is -1.39. The molecule has 1 fully saturated rings. The molecule has 4 heteroatoms. The van der Waals surface area contributed by atoms with Gasteiger partial charge in [-0.1, -0.05) is 43.2 Å². The average Bonchev–Trinajstić information content (AvgIpc) is 2.54. The molecule has 0 amide bonds. The van der Waals surface area contributed by atoms with Crippen molar-refractivity contribution in [2.24, 2.45) is 0 Å². The van der Waals surface area contributed by atoms with Gasteiger partial charge < -0.3 is 0 Å². The SMILES string of the molecule is CC[C@H]1CCCCN1S(=O)(=O)c1ccc2ccc(C)cc2c1. The summed E-state index contributed by atoms with van der Waals surface area (Å²) in [6.07, 6.45) is 3.94. The predicted molar refractivity (Wildman–Crippen MR) is 90.5 cm³/mol. The molecule has 118 valence electrons. The maximum absolute atomic E-state index is 13.0. The van der Waals surface area contributed by atoms with Crippen molar-refractivity contribution in [3.05, 3.63) is 42.0 Å². The van der Waals surface area contributed by atoms with Crippen LogP contribution < -0.4 is 0 Å². The first kappa shape index (κ1) is 15.5. The zero-order chi connectivity index (χ0) is 15.7. The Balaban J connectivity index is 2.04. The third-order valence-corrected chi connectivity index (χ3v) is 6.57. The monoisotopic (exact) mass is 317 g/mol. The van der Waals surface area contributed by atoms with E-state index in [1.165, 1.54) is 0 Å². The first-order valence-electron chi connectivity index (χ1n) is 8.04. The largest absolute Gasteiger partial charge is 0.243 e. The number of piperidine rings is 1. The Morgan fingerprint density at radius 1 is 1.09 bits per heavy atom. The number of nitrogens with zero attached hydrogens (tertiary/aromatic N) is 1. The van der Waals surface area contributed by atoms with E-state index in [2.05, 4.69) is 6.92 Å². The molecule has 0 saturated carbocycles. The molecule has 0 bridgehead atoms. The van der Waals surface area contributed by atoms with E-state index in [1.54, 1.807) is 10.4 Å². The maximum atomic E-state index is 13.0. The van der Waals surface area contributed by atoms with Crippen LogP contribution in [-0.4, -0.2) is 25.3 Å². The molecule has 22 heavy (non-hydrogen) atoms. The fourth-order valence-electron chi connectivity index (χ4n) is 3.34. The number of benzene rings is 2. The molecule has 1 aliphatic heterocycles. The molecular weight excluding hydrogens is 294 g/mol. The lowest BCUT2D eigenvalue weighted by atomic mass is 10.0. The molecule has 0 aliphatic carbocycles. The van der Waals surface area contributed by atoms with Gasteiger partial charge in [-0.3, -0.25) is 0 Å². The lowest BCUT2D eigenvalue weighted by Gasteiger charge is -2.34. The standard InChI is InChI=1S/C18H23NO2S/c1-3-17-6-4-5-11-19(17)22(20,21)18-10-9-15-8-7-14(2)12-16(15)13-18/h7-10,12-13,17H,3-6,11H2,1-2H3/t17-/m0/s1. The van der Waals surface area contributed by atoms with Crippen LogP contribution >= 0.6 is 0 Å². The number of sulfonamides is 1. The highest BCUT2D eigenvalue weighted by atomic mass is 32.2. The summed E-state index contributed by atoms with van der Waals surface area (Å²) in [5.41, 5.74) is 1.14. The fourth-order valence-corrected chi connectivity index (χ4v) is 5.14. The van der Waals surface area contributed by atoms with E-state index < -0.39 is 10.0 Å². The van der Waals surface area contributed by atoms with Gasteiger partial charge in [-0.15, -0.1) is 0 Å². The van der Waals surface area contributed by atoms with Crippen LogP contribution in [0.3, 0.4) is 0 Å². The minimum Gasteiger partial charge on any atom is -0.207 e. The van der Waals surface area contributed by atoms with Gasteiger partial charge in [0, 0.05) is 12.6 Å². The van der Waals surface area contributed by atoms with Gasteiger partial charge in [-0.2, -0.15) is 4.31 Å². The third-order valence-electron chi connectivity index (χ3n) is 4.62. The van der Waals surface area contributed by atoms with Crippen LogP contribution in [0.4, 0.5) is 0 Å². The first-order valence-corrected chi connectivity index (χ1v) is 9.48. The normalized spacial score (nSPS) is 20.4. The molecule has 0 unspecified atom stereocenters. The van der Waals surface area contributed by atoms with Gasteiger partial charge in [-0.25, -0.2) is 8.42 Å². The summed E-state index contributed by atoms with van der Waals surface area (Å²) < 4.78 is 27.7. The number of fused-ring (bicyclic) bond motifs is 1. The van der Waals surface area contributed by atoms with Crippen LogP contribution in [0.5, 0.6) is 0 Å². The van der Waals surface area contributed by atoms with Crippen molar-refractivity contribution in [3.63, 3.8) is 0 Å². The second-order valence-corrected chi connectivity index (χ2v) is 8.08. The second kappa shape index (κ2) is 6.01. The van der Waals surface area contributed by atoms with Crippen molar-refractivity contribution in [1.82, 2.24) is 4.31 Å². The zero-order valence-corrected chi connectivity index (χ0v) is 14.1. The van der Waals surface area contributed by atoms with Crippen molar-refractivity contribution < 1.29 is 8.42 Å². The van der Waals surface area contributed by atoms with Crippen LogP contribution in [0, 0.1) is 6.92 Å². The lowest BCUT2D eigenvalue weighted by Crippen LogP contribution is -2.43. The Labute approximate surface area is 133 Å². The summed E-state index contributed by atoms with van der Waals surface area (Å²) in [7, 11) is -3.39. The molecule has 3 rings (SSSR count). The fraction of sp³-hybridized carbons (Fsp3) is 0.444. The van der Waals surface area contributed by atoms with E-state index in [0.717, 1.165) is 42.0 Å². The van der Waals surface area contributed by atoms with E-state index in [9.17, 15) is 8.42 Å². The third kappa shape index (κ3) is 2.77. The van der Waals surface area contributed by atoms with Gasteiger partial charge in [-0.05, 0) is 49.1 Å². The molecule has 0 N–H and O–H groups in total. The maximum Gasteiger partial charge on any atom is 0.243 e. The van der Waals surface area contributed by atoms with E-state index in [0.29, 0.717) is 11.4 Å². The Morgan fingerprint density at radius 2 is 1.86 bits per heavy atom. The van der Waals surface area contributed by atoms with Crippen LogP contribution in [-0.2, 0) is 10.0 Å². The van der Waals surface area contributed by atoms with E-state index >= 15 is 0 Å². The Kier molecular flexibility index (Phi) is 4.24. The minimum atomic E-state index is -3.39. The molecule has 1 atom stereocenters. The first-order chi connectivity index (χ1) is 10.5. The van der Waals surface area contributed by atoms with Gasteiger partial charge in [0.15, 0.2) is 0 Å². The predicted octanol–water partition coefficient (Wildman–Crippen LogP) is 4.10. The Morgan fingerprint density at radius 3 is 2.64 bits per heavy atom. The van der Waals surface area contributed by atoms with Crippen molar-refractivity contribution >= 4 is 20.8 Å². The van der Waals surface area contributed by atoms with E-state index in [4.69, 9.17) is 0 Å². The highest BCUT2D eigenvalue weighted by molar-refractivity contribution is 7.89. The van der Waals surface area contributed by atoms with Gasteiger partial charge >= 0.3 is 0 Å². The zero-order valence-electron chi connectivity index (χ0n) is 13.2. The molecule has 0 spiro atoms. The van der Waals surface area contributed by atoms with Crippen LogP contribution in [0.25, 0.3) is 10.8 Å². The van der Waals surface area contributed by atoms with Gasteiger partial charge in [0.25, 0.3) is 0 Å². The topological polar surface area (TPSA) is 37.4 Å². The van der Waals surface area contributed by atoms with Crippen LogP contribution in [0.1, 0.15) is 38.2 Å². The number of hydrogen-bond acceptors (Lipinski definition) is 2. The highest BCUT2D eigenvalue weighted by Gasteiger charge is 2.32. The molecule has 3 nitrogen and oxygen atoms in total. The average molecular weight is 317 g/mol. The molecule has 1 heterocycles.